The third kappa shape index (κ3) is 8.11. The van der Waals surface area contributed by atoms with E-state index < -0.39 is 28.5 Å². The Morgan fingerprint density at radius 2 is 1.57 bits per heavy atom. The molecule has 3 aromatic rings. The van der Waals surface area contributed by atoms with Crippen LogP contribution in [0.4, 0.5) is 5.69 Å². The molecule has 0 aliphatic heterocycles. The van der Waals surface area contributed by atoms with E-state index in [4.69, 9.17) is 9.47 Å². The van der Waals surface area contributed by atoms with Crippen molar-refractivity contribution in [3.05, 3.63) is 83.9 Å². The molecule has 0 heterocycles. The summed E-state index contributed by atoms with van der Waals surface area (Å²) >= 11 is 0. The summed E-state index contributed by atoms with van der Waals surface area (Å²) in [6.45, 7) is 3.37. The Morgan fingerprint density at radius 3 is 2.20 bits per heavy atom. The minimum Gasteiger partial charge on any atom is -0.493 e. The highest BCUT2D eigenvalue weighted by atomic mass is 32.2. The predicted octanol–water partition coefficient (Wildman–Crippen LogP) is 5.12. The topological polar surface area (TPSA) is 105 Å². The molecular weight excluding hydrogens is 578 g/mol. The number of benzene rings is 3. The van der Waals surface area contributed by atoms with E-state index >= 15 is 0 Å². The molecular formula is C34H43N3O6S. The number of aryl methyl sites for hydroxylation is 1. The third-order valence-corrected chi connectivity index (χ3v) is 9.92. The fourth-order valence-corrected chi connectivity index (χ4v) is 6.91. The second-order valence-electron chi connectivity index (χ2n) is 11.2. The Bertz CT molecular complexity index is 1510. The van der Waals surface area contributed by atoms with Crippen LogP contribution in [0, 0.1) is 6.92 Å². The SMILES string of the molecule is COc1ccc(S(=O)(=O)N(CC(=O)N(CCc2ccccc2)[C@H](C)C(=O)NC2CCCCC2)c2ccc(C)cc2)cc1OC. The van der Waals surface area contributed by atoms with E-state index in [1.54, 1.807) is 31.2 Å². The highest BCUT2D eigenvalue weighted by Crippen LogP contribution is 2.32. The number of ether oxygens (including phenoxy) is 2. The van der Waals surface area contributed by atoms with Gasteiger partial charge in [0.25, 0.3) is 10.0 Å². The summed E-state index contributed by atoms with van der Waals surface area (Å²) in [4.78, 5) is 29.0. The van der Waals surface area contributed by atoms with Crippen LogP contribution in [0.3, 0.4) is 0 Å². The van der Waals surface area contributed by atoms with Gasteiger partial charge in [0.05, 0.1) is 24.8 Å². The van der Waals surface area contributed by atoms with E-state index in [1.165, 1.54) is 37.3 Å². The van der Waals surface area contributed by atoms with E-state index in [0.717, 1.165) is 47.5 Å². The van der Waals surface area contributed by atoms with Crippen LogP contribution >= 0.6 is 0 Å². The van der Waals surface area contributed by atoms with Gasteiger partial charge in [0.15, 0.2) is 11.5 Å². The van der Waals surface area contributed by atoms with Crippen LogP contribution in [0.5, 0.6) is 11.5 Å². The molecule has 44 heavy (non-hydrogen) atoms. The van der Waals surface area contributed by atoms with Crippen molar-refractivity contribution in [2.75, 3.05) is 31.6 Å². The molecule has 1 saturated carbocycles. The number of hydrogen-bond acceptors (Lipinski definition) is 6. The second kappa shape index (κ2) is 15.1. The van der Waals surface area contributed by atoms with Gasteiger partial charge in [-0.05, 0) is 62.9 Å². The highest BCUT2D eigenvalue weighted by Gasteiger charge is 2.33. The Hall–Kier alpha value is -4.05. The van der Waals surface area contributed by atoms with E-state index in [9.17, 15) is 18.0 Å². The van der Waals surface area contributed by atoms with E-state index in [-0.39, 0.29) is 29.1 Å². The molecule has 1 atom stereocenters. The van der Waals surface area contributed by atoms with Crippen LogP contribution in [0.15, 0.2) is 77.7 Å². The first-order valence-electron chi connectivity index (χ1n) is 15.1. The molecule has 236 valence electrons. The molecule has 4 rings (SSSR count). The number of sulfonamides is 1. The summed E-state index contributed by atoms with van der Waals surface area (Å²) in [5.41, 5.74) is 2.29. The molecule has 10 heteroatoms. The second-order valence-corrected chi connectivity index (χ2v) is 13.1. The summed E-state index contributed by atoms with van der Waals surface area (Å²) in [5, 5.41) is 3.13. The average Bonchev–Trinajstić information content (AvgIpc) is 3.04. The fourth-order valence-electron chi connectivity index (χ4n) is 5.48. The molecule has 0 aromatic heterocycles. The molecule has 0 saturated heterocycles. The lowest BCUT2D eigenvalue weighted by molar-refractivity contribution is -0.139. The van der Waals surface area contributed by atoms with Crippen LogP contribution in [0.1, 0.15) is 50.2 Å². The zero-order valence-electron chi connectivity index (χ0n) is 26.0. The maximum Gasteiger partial charge on any atom is 0.264 e. The summed E-state index contributed by atoms with van der Waals surface area (Å²) < 4.78 is 40.1. The van der Waals surface area contributed by atoms with E-state index in [1.807, 2.05) is 37.3 Å². The van der Waals surface area contributed by atoms with Crippen molar-refractivity contribution in [3.63, 3.8) is 0 Å². The number of anilines is 1. The van der Waals surface area contributed by atoms with Gasteiger partial charge >= 0.3 is 0 Å². The molecule has 9 nitrogen and oxygen atoms in total. The summed E-state index contributed by atoms with van der Waals surface area (Å²) in [6, 6.07) is 20.3. The molecule has 0 spiro atoms. The maximum absolute atomic E-state index is 14.2. The molecule has 0 unspecified atom stereocenters. The molecule has 2 amide bonds. The van der Waals surface area contributed by atoms with Crippen molar-refractivity contribution in [2.24, 2.45) is 0 Å². The standard InChI is InChI=1S/C34H43N3O6S/c1-25-15-17-29(18-16-25)37(44(40,41)30-19-20-31(42-3)32(23-30)43-4)24-33(38)36(22-21-27-11-7-5-8-12-27)26(2)34(39)35-28-13-9-6-10-14-28/h5,7-8,11-12,15-20,23,26,28H,6,9-10,13-14,21-22,24H2,1-4H3,(H,35,39)/t26-/m1/s1. The predicted molar refractivity (Wildman–Crippen MR) is 172 cm³/mol. The lowest BCUT2D eigenvalue weighted by Gasteiger charge is -2.33. The van der Waals surface area contributed by atoms with Crippen molar-refractivity contribution in [1.82, 2.24) is 10.2 Å². The van der Waals surface area contributed by atoms with Crippen LogP contribution in [-0.4, -0.2) is 64.5 Å². The molecule has 0 radical (unpaired) electrons. The largest absolute Gasteiger partial charge is 0.493 e. The number of nitrogens with zero attached hydrogens (tertiary/aromatic N) is 2. The van der Waals surface area contributed by atoms with Gasteiger partial charge in [-0.1, -0.05) is 67.3 Å². The Kier molecular flexibility index (Phi) is 11.3. The zero-order chi connectivity index (χ0) is 31.7. The molecule has 0 bridgehead atoms. The first kappa shape index (κ1) is 32.9. The first-order chi connectivity index (χ1) is 21.1. The number of carbonyl (C=O) groups excluding carboxylic acids is 2. The Balaban J connectivity index is 1.66. The lowest BCUT2D eigenvalue weighted by Crippen LogP contribution is -2.53. The zero-order valence-corrected chi connectivity index (χ0v) is 26.8. The minimum atomic E-state index is -4.24. The first-order valence-corrected chi connectivity index (χ1v) is 16.5. The van der Waals surface area contributed by atoms with Gasteiger partial charge in [-0.15, -0.1) is 0 Å². The smallest absolute Gasteiger partial charge is 0.264 e. The van der Waals surface area contributed by atoms with Gasteiger partial charge in [0.1, 0.15) is 12.6 Å². The number of carbonyl (C=O) groups is 2. The van der Waals surface area contributed by atoms with Crippen molar-refractivity contribution in [1.29, 1.82) is 0 Å². The monoisotopic (exact) mass is 621 g/mol. The molecule has 1 aliphatic carbocycles. The minimum absolute atomic E-state index is 0.0533. The lowest BCUT2D eigenvalue weighted by atomic mass is 9.95. The van der Waals surface area contributed by atoms with Gasteiger partial charge in [-0.25, -0.2) is 8.42 Å². The van der Waals surface area contributed by atoms with Gasteiger partial charge in [0.2, 0.25) is 11.8 Å². The van der Waals surface area contributed by atoms with Crippen LogP contribution in [0.25, 0.3) is 0 Å². The Morgan fingerprint density at radius 1 is 0.909 bits per heavy atom. The van der Waals surface area contributed by atoms with Gasteiger partial charge in [-0.3, -0.25) is 13.9 Å². The molecule has 1 N–H and O–H groups in total. The number of hydrogen-bond donors (Lipinski definition) is 1. The number of rotatable bonds is 13. The van der Waals surface area contributed by atoms with Crippen LogP contribution in [-0.2, 0) is 26.0 Å². The number of methoxy groups -OCH3 is 2. The van der Waals surface area contributed by atoms with Crippen molar-refractivity contribution < 1.29 is 27.5 Å². The molecule has 1 fully saturated rings. The fraction of sp³-hybridized carbons (Fsp3) is 0.412. The summed E-state index contributed by atoms with van der Waals surface area (Å²) in [6.07, 6.45) is 5.64. The number of amides is 2. The summed E-state index contributed by atoms with van der Waals surface area (Å²) in [5.74, 6) is -0.0737. The normalized spacial score (nSPS) is 14.4. The quantitative estimate of drug-likeness (QED) is 0.284. The van der Waals surface area contributed by atoms with E-state index in [2.05, 4.69) is 5.32 Å². The van der Waals surface area contributed by atoms with Gasteiger partial charge < -0.3 is 19.7 Å². The van der Waals surface area contributed by atoms with Crippen molar-refractivity contribution in [3.8, 4) is 11.5 Å². The maximum atomic E-state index is 14.2. The average molecular weight is 622 g/mol. The Labute approximate surface area is 261 Å². The van der Waals surface area contributed by atoms with Crippen LogP contribution < -0.4 is 19.1 Å². The third-order valence-electron chi connectivity index (χ3n) is 8.15. The van der Waals surface area contributed by atoms with Crippen molar-refractivity contribution >= 4 is 27.5 Å². The van der Waals surface area contributed by atoms with E-state index in [0.29, 0.717) is 17.9 Å². The van der Waals surface area contributed by atoms with Gasteiger partial charge in [-0.2, -0.15) is 0 Å². The summed E-state index contributed by atoms with van der Waals surface area (Å²) in [7, 11) is -1.34. The highest BCUT2D eigenvalue weighted by molar-refractivity contribution is 7.92. The van der Waals surface area contributed by atoms with Crippen LogP contribution in [0.2, 0.25) is 0 Å². The molecule has 1 aliphatic rings. The number of nitrogens with one attached hydrogen (secondary N) is 1. The molecule has 3 aromatic carbocycles. The van der Waals surface area contributed by atoms with Gasteiger partial charge in [0, 0.05) is 18.7 Å². The van der Waals surface area contributed by atoms with Crippen molar-refractivity contribution in [2.45, 2.75) is 69.4 Å².